The van der Waals surface area contributed by atoms with Gasteiger partial charge in [-0.2, -0.15) is 0 Å². The van der Waals surface area contributed by atoms with E-state index in [2.05, 4.69) is 18.0 Å². The molecule has 0 spiro atoms. The molecule has 18 heavy (non-hydrogen) atoms. The van der Waals surface area contributed by atoms with Gasteiger partial charge in [0.2, 0.25) is 5.91 Å². The molecule has 1 fully saturated rings. The third-order valence-corrected chi connectivity index (χ3v) is 3.59. The number of rotatable bonds is 2. The largest absolute Gasteiger partial charge is 0.496 e. The lowest BCUT2D eigenvalue weighted by Gasteiger charge is -2.39. The first kappa shape index (κ1) is 12.9. The molecule has 1 aliphatic rings. The summed E-state index contributed by atoms with van der Waals surface area (Å²) in [7, 11) is 3.78. The van der Waals surface area contributed by atoms with Crippen LogP contribution < -0.4 is 4.74 Å². The number of likely N-dealkylation sites (N-methyl/N-ethyl adjacent to an activating group) is 1. The first-order valence-electron chi connectivity index (χ1n) is 6.22. The molecule has 1 atom stereocenters. The van der Waals surface area contributed by atoms with E-state index in [0.29, 0.717) is 0 Å². The number of hydrogen-bond acceptors (Lipinski definition) is 3. The number of hydrogen-bond donors (Lipinski definition) is 0. The lowest BCUT2D eigenvalue weighted by molar-refractivity contribution is -0.131. The molecule has 0 N–H and O–H groups in total. The highest BCUT2D eigenvalue weighted by molar-refractivity contribution is 5.73. The molecule has 1 aromatic carbocycles. The first-order valence-corrected chi connectivity index (χ1v) is 6.22. The van der Waals surface area contributed by atoms with Crippen molar-refractivity contribution < 1.29 is 9.53 Å². The van der Waals surface area contributed by atoms with Gasteiger partial charge in [0.05, 0.1) is 13.2 Å². The predicted octanol–water partition coefficient (Wildman–Crippen LogP) is 1.53. The highest BCUT2D eigenvalue weighted by atomic mass is 16.5. The average Bonchev–Trinajstić information content (AvgIpc) is 2.39. The zero-order valence-corrected chi connectivity index (χ0v) is 11.2. The molecule has 0 bridgehead atoms. The summed E-state index contributed by atoms with van der Waals surface area (Å²) < 4.78 is 5.41. The van der Waals surface area contributed by atoms with Gasteiger partial charge in [0.15, 0.2) is 0 Å². The summed E-state index contributed by atoms with van der Waals surface area (Å²) in [5, 5.41) is 0. The second-order valence-corrected chi connectivity index (χ2v) is 4.70. The Morgan fingerprint density at radius 2 is 2.06 bits per heavy atom. The van der Waals surface area contributed by atoms with Gasteiger partial charge in [0.25, 0.3) is 0 Å². The van der Waals surface area contributed by atoms with Crippen LogP contribution in [-0.4, -0.2) is 49.5 Å². The van der Waals surface area contributed by atoms with E-state index in [1.165, 1.54) is 0 Å². The molecular weight excluding hydrogens is 228 g/mol. The molecule has 0 aromatic heterocycles. The molecule has 1 heterocycles. The minimum absolute atomic E-state index is 0.142. The number of ether oxygens (including phenoxy) is 1. The molecule has 2 rings (SSSR count). The first-order chi connectivity index (χ1) is 8.63. The summed E-state index contributed by atoms with van der Waals surface area (Å²) in [6.07, 6.45) is 0. The lowest BCUT2D eigenvalue weighted by Crippen LogP contribution is -2.48. The molecule has 4 heteroatoms. The predicted molar refractivity (Wildman–Crippen MR) is 70.6 cm³/mol. The van der Waals surface area contributed by atoms with Gasteiger partial charge in [-0.25, -0.2) is 0 Å². The van der Waals surface area contributed by atoms with Crippen LogP contribution in [0.4, 0.5) is 0 Å². The van der Waals surface area contributed by atoms with Crippen molar-refractivity contribution in [3.63, 3.8) is 0 Å². The number of methoxy groups -OCH3 is 1. The molecule has 1 amide bonds. The van der Waals surface area contributed by atoms with Crippen molar-refractivity contribution in [3.8, 4) is 5.75 Å². The fourth-order valence-electron chi connectivity index (χ4n) is 2.44. The molecule has 4 nitrogen and oxygen atoms in total. The van der Waals surface area contributed by atoms with E-state index < -0.39 is 0 Å². The second-order valence-electron chi connectivity index (χ2n) is 4.70. The maximum absolute atomic E-state index is 11.5. The normalized spacial score (nSPS) is 20.8. The fourth-order valence-corrected chi connectivity index (χ4v) is 2.44. The zero-order chi connectivity index (χ0) is 13.1. The van der Waals surface area contributed by atoms with E-state index in [9.17, 15) is 4.79 Å². The van der Waals surface area contributed by atoms with Gasteiger partial charge in [-0.15, -0.1) is 0 Å². The van der Waals surface area contributed by atoms with E-state index in [4.69, 9.17) is 4.74 Å². The summed E-state index contributed by atoms with van der Waals surface area (Å²) in [4.78, 5) is 15.7. The summed E-state index contributed by atoms with van der Waals surface area (Å²) in [6, 6.07) is 8.23. The summed E-state index contributed by atoms with van der Waals surface area (Å²) in [5.74, 6) is 1.03. The van der Waals surface area contributed by atoms with Crippen molar-refractivity contribution in [3.05, 3.63) is 29.8 Å². The summed E-state index contributed by atoms with van der Waals surface area (Å²) in [5.41, 5.74) is 1.15. The van der Waals surface area contributed by atoms with Crippen LogP contribution in [0, 0.1) is 0 Å². The van der Waals surface area contributed by atoms with E-state index in [-0.39, 0.29) is 11.9 Å². The minimum atomic E-state index is 0.142. The molecule has 0 radical (unpaired) electrons. The van der Waals surface area contributed by atoms with E-state index in [0.717, 1.165) is 30.9 Å². The van der Waals surface area contributed by atoms with Crippen molar-refractivity contribution in [2.24, 2.45) is 0 Å². The smallest absolute Gasteiger partial charge is 0.219 e. The third-order valence-electron chi connectivity index (χ3n) is 3.59. The van der Waals surface area contributed by atoms with Crippen LogP contribution in [-0.2, 0) is 4.79 Å². The number of amides is 1. The number of piperazine rings is 1. The average molecular weight is 248 g/mol. The Bertz CT molecular complexity index is 434. The number of nitrogens with zero attached hydrogens (tertiary/aromatic N) is 2. The van der Waals surface area contributed by atoms with E-state index in [1.807, 2.05) is 23.1 Å². The van der Waals surface area contributed by atoms with E-state index in [1.54, 1.807) is 14.0 Å². The van der Waals surface area contributed by atoms with Crippen LogP contribution in [0.3, 0.4) is 0 Å². The second kappa shape index (κ2) is 5.40. The quantitative estimate of drug-likeness (QED) is 0.795. The number of benzene rings is 1. The molecule has 1 aromatic rings. The Morgan fingerprint density at radius 3 is 2.72 bits per heavy atom. The number of para-hydroxylation sites is 1. The molecule has 1 saturated heterocycles. The van der Waals surface area contributed by atoms with Crippen LogP contribution in [0.5, 0.6) is 5.75 Å². The Balaban J connectivity index is 2.26. The molecular formula is C14H20N2O2. The van der Waals surface area contributed by atoms with E-state index >= 15 is 0 Å². The molecule has 98 valence electrons. The van der Waals surface area contributed by atoms with Gasteiger partial charge in [0.1, 0.15) is 5.75 Å². The van der Waals surface area contributed by atoms with Crippen molar-refractivity contribution >= 4 is 5.91 Å². The SMILES string of the molecule is COc1ccccc1[C@@H]1CN(C(C)=O)CCN1C. The Kier molecular flexibility index (Phi) is 3.87. The standard InChI is InChI=1S/C14H20N2O2/c1-11(17)16-9-8-15(2)13(10-16)12-6-4-5-7-14(12)18-3/h4-7,13H,8-10H2,1-3H3/t13-/m0/s1. The van der Waals surface area contributed by atoms with Gasteiger partial charge in [-0.05, 0) is 13.1 Å². The van der Waals surface area contributed by atoms with Crippen molar-refractivity contribution in [1.82, 2.24) is 9.80 Å². The number of carbonyl (C=O) groups is 1. The van der Waals surface area contributed by atoms with Gasteiger partial charge in [-0.3, -0.25) is 9.69 Å². The zero-order valence-electron chi connectivity index (χ0n) is 11.2. The minimum Gasteiger partial charge on any atom is -0.496 e. The fraction of sp³-hybridized carbons (Fsp3) is 0.500. The summed E-state index contributed by atoms with van der Waals surface area (Å²) >= 11 is 0. The lowest BCUT2D eigenvalue weighted by atomic mass is 10.0. The van der Waals surface area contributed by atoms with Crippen molar-refractivity contribution in [1.29, 1.82) is 0 Å². The summed E-state index contributed by atoms with van der Waals surface area (Å²) in [6.45, 7) is 4.05. The van der Waals surface area contributed by atoms with Gasteiger partial charge in [-0.1, -0.05) is 18.2 Å². The highest BCUT2D eigenvalue weighted by Crippen LogP contribution is 2.30. The Labute approximate surface area is 108 Å². The van der Waals surface area contributed by atoms with Gasteiger partial charge >= 0.3 is 0 Å². The van der Waals surface area contributed by atoms with Crippen molar-refractivity contribution in [2.75, 3.05) is 33.8 Å². The van der Waals surface area contributed by atoms with Gasteiger partial charge in [0, 0.05) is 32.1 Å². The van der Waals surface area contributed by atoms with Crippen LogP contribution >= 0.6 is 0 Å². The highest BCUT2D eigenvalue weighted by Gasteiger charge is 2.28. The molecule has 0 aliphatic carbocycles. The Hall–Kier alpha value is -1.55. The van der Waals surface area contributed by atoms with Crippen LogP contribution in [0.2, 0.25) is 0 Å². The third kappa shape index (κ3) is 2.48. The monoisotopic (exact) mass is 248 g/mol. The van der Waals surface area contributed by atoms with Crippen LogP contribution in [0.15, 0.2) is 24.3 Å². The topological polar surface area (TPSA) is 32.8 Å². The van der Waals surface area contributed by atoms with Crippen molar-refractivity contribution in [2.45, 2.75) is 13.0 Å². The Morgan fingerprint density at radius 1 is 1.33 bits per heavy atom. The van der Waals surface area contributed by atoms with Crippen LogP contribution in [0.25, 0.3) is 0 Å². The van der Waals surface area contributed by atoms with Crippen LogP contribution in [0.1, 0.15) is 18.5 Å². The molecule has 0 unspecified atom stereocenters. The van der Waals surface area contributed by atoms with Gasteiger partial charge < -0.3 is 9.64 Å². The molecule has 0 saturated carbocycles. The maximum atomic E-state index is 11.5. The number of carbonyl (C=O) groups excluding carboxylic acids is 1. The maximum Gasteiger partial charge on any atom is 0.219 e. The molecule has 1 aliphatic heterocycles.